The molecule has 2 aromatic heterocycles. The zero-order valence-electron chi connectivity index (χ0n) is 15.6. The van der Waals surface area contributed by atoms with Crippen LogP contribution in [-0.4, -0.2) is 39.4 Å². The largest absolute Gasteiger partial charge is 0.481 e. The molecule has 10 nitrogen and oxygen atoms in total. The normalized spacial score (nSPS) is 19.1. The van der Waals surface area contributed by atoms with Gasteiger partial charge in [-0.15, -0.1) is 0 Å². The van der Waals surface area contributed by atoms with Crippen LogP contribution in [0.25, 0.3) is 11.0 Å². The van der Waals surface area contributed by atoms with E-state index in [1.165, 1.54) is 24.4 Å². The molecule has 1 aliphatic rings. The van der Waals surface area contributed by atoms with Crippen LogP contribution in [0.3, 0.4) is 0 Å². The highest BCUT2D eigenvalue weighted by Gasteiger charge is 2.32. The van der Waals surface area contributed by atoms with E-state index < -0.39 is 26.8 Å². The van der Waals surface area contributed by atoms with Crippen LogP contribution in [0.2, 0.25) is 0 Å². The first-order valence-corrected chi connectivity index (χ1v) is 10.7. The van der Waals surface area contributed by atoms with Crippen molar-refractivity contribution in [3.8, 4) is 0 Å². The van der Waals surface area contributed by atoms with Crippen molar-refractivity contribution in [2.45, 2.75) is 30.2 Å². The first-order chi connectivity index (χ1) is 14.3. The maximum absolute atomic E-state index is 13.0. The van der Waals surface area contributed by atoms with Crippen LogP contribution in [0.4, 0.5) is 11.4 Å². The highest BCUT2D eigenvalue weighted by atomic mass is 32.2. The Bertz CT molecular complexity index is 1240. The number of nitro groups is 1. The lowest BCUT2D eigenvalue weighted by Gasteiger charge is -2.15. The van der Waals surface area contributed by atoms with Crippen LogP contribution in [0.1, 0.15) is 19.3 Å². The fourth-order valence-corrected chi connectivity index (χ4v) is 5.11. The molecule has 30 heavy (non-hydrogen) atoms. The van der Waals surface area contributed by atoms with E-state index >= 15 is 0 Å². The van der Waals surface area contributed by atoms with E-state index in [0.29, 0.717) is 19.3 Å². The summed E-state index contributed by atoms with van der Waals surface area (Å²) in [6, 6.07) is 8.99. The number of hydrogen-bond donors (Lipinski definition) is 2. The Morgan fingerprint density at radius 2 is 1.97 bits per heavy atom. The third-order valence-electron chi connectivity index (χ3n) is 5.29. The maximum atomic E-state index is 13.0. The summed E-state index contributed by atoms with van der Waals surface area (Å²) in [5.41, 5.74) is -0.0982. The van der Waals surface area contributed by atoms with E-state index in [0.717, 1.165) is 10.2 Å². The van der Waals surface area contributed by atoms with Gasteiger partial charge >= 0.3 is 11.7 Å². The average molecular weight is 430 g/mol. The molecule has 0 radical (unpaired) electrons. The van der Waals surface area contributed by atoms with Gasteiger partial charge in [0.05, 0.1) is 21.1 Å². The third-order valence-corrected chi connectivity index (χ3v) is 6.97. The molecule has 1 saturated carbocycles. The van der Waals surface area contributed by atoms with E-state index in [9.17, 15) is 28.4 Å². The lowest BCUT2D eigenvalue weighted by Crippen LogP contribution is -2.19. The Morgan fingerprint density at radius 1 is 1.23 bits per heavy atom. The minimum atomic E-state index is -3.94. The summed E-state index contributed by atoms with van der Waals surface area (Å²) in [7, 11) is -3.94. The summed E-state index contributed by atoms with van der Waals surface area (Å²) in [6.07, 6.45) is 3.67. The fraction of sp³-hybridized carbons (Fsp3) is 0.263. The molecule has 0 bridgehead atoms. The first kappa shape index (κ1) is 19.8. The Kier molecular flexibility index (Phi) is 4.90. The van der Waals surface area contributed by atoms with Gasteiger partial charge in [0.1, 0.15) is 11.9 Å². The number of benzene rings is 1. The lowest BCUT2D eigenvalue weighted by atomic mass is 10.1. The maximum Gasteiger partial charge on any atom is 0.311 e. The molecule has 0 unspecified atom stereocenters. The number of aliphatic carboxylic acids is 1. The molecule has 0 amide bonds. The standard InChI is InChI=1S/C19H18N4O6S/c24-19(25)12-6-7-13(10-12)21-17-15-8-9-22(18(15)20-11-16(17)23(26)27)30(28,29)14-4-2-1-3-5-14/h1-5,8-9,11-13H,6-7,10H2,(H,20,21)(H,24,25)/t12-,13+/m0/s1. The molecule has 0 aliphatic heterocycles. The Balaban J connectivity index is 1.79. The van der Waals surface area contributed by atoms with Crippen molar-refractivity contribution in [3.63, 3.8) is 0 Å². The zero-order chi connectivity index (χ0) is 21.5. The molecular formula is C19H18N4O6S. The zero-order valence-corrected chi connectivity index (χ0v) is 16.4. The second-order valence-electron chi connectivity index (χ2n) is 7.13. The van der Waals surface area contributed by atoms with Crippen molar-refractivity contribution < 1.29 is 23.2 Å². The number of hydrogen-bond acceptors (Lipinski definition) is 7. The van der Waals surface area contributed by atoms with Gasteiger partial charge in [0.2, 0.25) is 0 Å². The Morgan fingerprint density at radius 3 is 2.60 bits per heavy atom. The molecule has 1 aliphatic carbocycles. The minimum Gasteiger partial charge on any atom is -0.481 e. The monoisotopic (exact) mass is 430 g/mol. The lowest BCUT2D eigenvalue weighted by molar-refractivity contribution is -0.384. The van der Waals surface area contributed by atoms with Crippen molar-refractivity contribution in [1.29, 1.82) is 0 Å². The number of fused-ring (bicyclic) bond motifs is 1. The van der Waals surface area contributed by atoms with Gasteiger partial charge in [-0.2, -0.15) is 0 Å². The quantitative estimate of drug-likeness (QED) is 0.449. The molecule has 2 N–H and O–H groups in total. The van der Waals surface area contributed by atoms with E-state index in [1.54, 1.807) is 18.2 Å². The average Bonchev–Trinajstić information content (AvgIpc) is 3.36. The van der Waals surface area contributed by atoms with Crippen molar-refractivity contribution in [1.82, 2.24) is 8.96 Å². The van der Waals surface area contributed by atoms with Gasteiger partial charge in [-0.3, -0.25) is 14.9 Å². The fourth-order valence-electron chi connectivity index (χ4n) is 3.78. The number of nitrogens with zero attached hydrogens (tertiary/aromatic N) is 3. The predicted octanol–water partition coefficient (Wildman–Crippen LogP) is 2.85. The van der Waals surface area contributed by atoms with Crippen LogP contribution >= 0.6 is 0 Å². The molecule has 3 aromatic rings. The van der Waals surface area contributed by atoms with Gasteiger partial charge in [-0.1, -0.05) is 18.2 Å². The number of nitrogens with one attached hydrogen (secondary N) is 1. The van der Waals surface area contributed by atoms with E-state index in [2.05, 4.69) is 10.3 Å². The molecule has 0 spiro atoms. The first-order valence-electron chi connectivity index (χ1n) is 9.23. The third kappa shape index (κ3) is 3.36. The second kappa shape index (κ2) is 7.41. The topological polar surface area (TPSA) is 144 Å². The molecule has 1 aromatic carbocycles. The SMILES string of the molecule is O=C(O)[C@H]1CC[C@@H](Nc2c([N+](=O)[O-])cnc3c2ccn3S(=O)(=O)c2ccccc2)C1. The number of rotatable bonds is 6. The minimum absolute atomic E-state index is 0.0553. The Hall–Kier alpha value is -3.47. The molecule has 2 heterocycles. The molecule has 156 valence electrons. The van der Waals surface area contributed by atoms with Crippen LogP contribution in [0.5, 0.6) is 0 Å². The van der Waals surface area contributed by atoms with Gasteiger partial charge in [0.15, 0.2) is 5.65 Å². The van der Waals surface area contributed by atoms with Gasteiger partial charge in [0, 0.05) is 12.2 Å². The summed E-state index contributed by atoms with van der Waals surface area (Å²) in [6.45, 7) is 0. The van der Waals surface area contributed by atoms with Crippen molar-refractivity contribution in [2.24, 2.45) is 5.92 Å². The highest BCUT2D eigenvalue weighted by molar-refractivity contribution is 7.90. The summed E-state index contributed by atoms with van der Waals surface area (Å²) in [4.78, 5) is 26.3. The molecular weight excluding hydrogens is 412 g/mol. The highest BCUT2D eigenvalue weighted by Crippen LogP contribution is 2.37. The van der Waals surface area contributed by atoms with E-state index in [4.69, 9.17) is 0 Å². The van der Waals surface area contributed by atoms with Gasteiger partial charge in [-0.05, 0) is 37.5 Å². The van der Waals surface area contributed by atoms with Crippen LogP contribution in [0, 0.1) is 16.0 Å². The van der Waals surface area contributed by atoms with Crippen molar-refractivity contribution in [2.75, 3.05) is 5.32 Å². The number of pyridine rings is 1. The number of aromatic nitrogens is 2. The van der Waals surface area contributed by atoms with Crippen molar-refractivity contribution in [3.05, 3.63) is 58.9 Å². The van der Waals surface area contributed by atoms with E-state index in [1.807, 2.05) is 0 Å². The smallest absolute Gasteiger partial charge is 0.311 e. The number of anilines is 1. The van der Waals surface area contributed by atoms with Crippen LogP contribution in [0.15, 0.2) is 53.7 Å². The van der Waals surface area contributed by atoms with Gasteiger partial charge in [-0.25, -0.2) is 17.4 Å². The summed E-state index contributed by atoms with van der Waals surface area (Å²) >= 11 is 0. The van der Waals surface area contributed by atoms with Gasteiger partial charge in [0.25, 0.3) is 10.0 Å². The van der Waals surface area contributed by atoms with Crippen LogP contribution < -0.4 is 5.32 Å². The summed E-state index contributed by atoms with van der Waals surface area (Å²) in [5.74, 6) is -1.41. The number of carboxylic acids is 1. The second-order valence-corrected chi connectivity index (χ2v) is 8.95. The molecule has 1 fully saturated rings. The van der Waals surface area contributed by atoms with Gasteiger partial charge < -0.3 is 10.4 Å². The summed E-state index contributed by atoms with van der Waals surface area (Å²) in [5, 5.41) is 24.1. The predicted molar refractivity (Wildman–Crippen MR) is 108 cm³/mol. The van der Waals surface area contributed by atoms with Crippen LogP contribution in [-0.2, 0) is 14.8 Å². The number of carboxylic acid groups (broad SMARTS) is 1. The van der Waals surface area contributed by atoms with E-state index in [-0.39, 0.29) is 33.3 Å². The molecule has 11 heteroatoms. The Labute approximate surface area is 171 Å². The molecule has 4 rings (SSSR count). The molecule has 0 saturated heterocycles. The van der Waals surface area contributed by atoms with Crippen molar-refractivity contribution >= 4 is 38.4 Å². The summed E-state index contributed by atoms with van der Waals surface area (Å²) < 4.78 is 27.0. The molecule has 2 atom stereocenters. The number of carbonyl (C=O) groups is 1.